The molecule has 0 aliphatic rings. The van der Waals surface area contributed by atoms with E-state index in [2.05, 4.69) is 0 Å². The maximum absolute atomic E-state index is 10.3. The number of rotatable bonds is 1. The van der Waals surface area contributed by atoms with Crippen molar-refractivity contribution in [1.29, 1.82) is 0 Å². The van der Waals surface area contributed by atoms with E-state index in [9.17, 15) is 4.39 Å². The topological polar surface area (TPSA) is 52.0 Å². The van der Waals surface area contributed by atoms with E-state index in [0.717, 1.165) is 0 Å². The summed E-state index contributed by atoms with van der Waals surface area (Å²) >= 11 is 0. The molecule has 0 aromatic rings. The molecule has 0 radical (unpaired) electrons. The van der Waals surface area contributed by atoms with Gasteiger partial charge in [-0.15, -0.1) is 0 Å². The van der Waals surface area contributed by atoms with Crippen LogP contribution in [-0.4, -0.2) is 19.8 Å². The lowest BCUT2D eigenvalue weighted by atomic mass is 10.7. The molecule has 0 unspecified atom stereocenters. The molecular formula is C4H13FN2. The highest BCUT2D eigenvalue weighted by Crippen LogP contribution is 1.48. The van der Waals surface area contributed by atoms with Crippen LogP contribution in [0.25, 0.3) is 0 Å². The quantitative estimate of drug-likeness (QED) is 0.492. The van der Waals surface area contributed by atoms with Gasteiger partial charge in [0.05, 0.1) is 6.67 Å². The second-order valence-corrected chi connectivity index (χ2v) is 0.845. The molecule has 4 N–H and O–H groups in total. The van der Waals surface area contributed by atoms with Crippen molar-refractivity contribution in [2.45, 2.75) is 6.92 Å². The van der Waals surface area contributed by atoms with Gasteiger partial charge < -0.3 is 11.5 Å². The van der Waals surface area contributed by atoms with Gasteiger partial charge in [0.1, 0.15) is 0 Å². The van der Waals surface area contributed by atoms with Crippen LogP contribution in [0.3, 0.4) is 0 Å². The van der Waals surface area contributed by atoms with Crippen molar-refractivity contribution < 1.29 is 4.39 Å². The van der Waals surface area contributed by atoms with Gasteiger partial charge in [-0.2, -0.15) is 0 Å². The van der Waals surface area contributed by atoms with Crippen LogP contribution in [-0.2, 0) is 0 Å². The van der Waals surface area contributed by atoms with Crippen LogP contribution in [0.4, 0.5) is 4.39 Å². The Hall–Kier alpha value is -0.150. The van der Waals surface area contributed by atoms with Crippen LogP contribution in [0.1, 0.15) is 6.92 Å². The van der Waals surface area contributed by atoms with Crippen molar-refractivity contribution in [2.75, 3.05) is 19.8 Å². The molecule has 0 fully saturated rings. The van der Waals surface area contributed by atoms with E-state index < -0.39 is 0 Å². The Labute approximate surface area is 43.7 Å². The Morgan fingerprint density at radius 3 is 1.43 bits per heavy atom. The number of hydrogen-bond donors (Lipinski definition) is 2. The molecule has 0 spiro atoms. The van der Waals surface area contributed by atoms with E-state index >= 15 is 0 Å². The second kappa shape index (κ2) is 16.9. The summed E-state index contributed by atoms with van der Waals surface area (Å²) in [7, 11) is 0. The van der Waals surface area contributed by atoms with E-state index in [4.69, 9.17) is 11.5 Å². The summed E-state index contributed by atoms with van der Waals surface area (Å²) in [5.74, 6) is 0. The van der Waals surface area contributed by atoms with Gasteiger partial charge in [0, 0.05) is 13.1 Å². The molecule has 0 rings (SSSR count). The smallest absolute Gasteiger partial charge is 0.0866 e. The van der Waals surface area contributed by atoms with Gasteiger partial charge in [0.25, 0.3) is 0 Å². The van der Waals surface area contributed by atoms with Crippen LogP contribution >= 0.6 is 0 Å². The van der Waals surface area contributed by atoms with Crippen LogP contribution in [0.2, 0.25) is 0 Å². The average Bonchev–Trinajstić information content (AvgIpc) is 1.69. The summed E-state index contributed by atoms with van der Waals surface area (Å²) in [5, 5.41) is 0. The number of alkyl halides is 1. The number of hydrogen-bond acceptors (Lipinski definition) is 2. The average molecular weight is 108 g/mol. The number of nitrogens with two attached hydrogens (primary N) is 2. The first kappa shape index (κ1) is 9.97. The van der Waals surface area contributed by atoms with Gasteiger partial charge >= 0.3 is 0 Å². The monoisotopic (exact) mass is 108 g/mol. The third-order valence-corrected chi connectivity index (χ3v) is 0.167. The molecule has 46 valence electrons. The minimum absolute atomic E-state index is 0.250. The van der Waals surface area contributed by atoms with Crippen molar-refractivity contribution in [3.8, 4) is 0 Å². The molecule has 0 amide bonds. The molecule has 0 atom stereocenters. The molecule has 0 bridgehead atoms. The summed E-state index contributed by atoms with van der Waals surface area (Å²) in [4.78, 5) is 0. The van der Waals surface area contributed by atoms with Crippen molar-refractivity contribution in [2.24, 2.45) is 11.5 Å². The first-order valence-corrected chi connectivity index (χ1v) is 2.29. The predicted molar refractivity (Wildman–Crippen MR) is 29.8 cm³/mol. The van der Waals surface area contributed by atoms with Crippen molar-refractivity contribution in [1.82, 2.24) is 0 Å². The minimum atomic E-state index is -0.250. The molecular weight excluding hydrogens is 95.1 g/mol. The fourth-order valence-corrected chi connectivity index (χ4v) is 0. The lowest BCUT2D eigenvalue weighted by Crippen LogP contribution is -2.11. The third kappa shape index (κ3) is 120. The van der Waals surface area contributed by atoms with Gasteiger partial charge in [-0.05, 0) is 6.92 Å². The second-order valence-electron chi connectivity index (χ2n) is 0.845. The fourth-order valence-electron chi connectivity index (χ4n) is 0. The van der Waals surface area contributed by atoms with Gasteiger partial charge in [0.2, 0.25) is 0 Å². The van der Waals surface area contributed by atoms with Crippen molar-refractivity contribution in [3.63, 3.8) is 0 Å². The van der Waals surface area contributed by atoms with Crippen LogP contribution < -0.4 is 11.5 Å². The Balaban J connectivity index is 0. The largest absolute Gasteiger partial charge is 0.329 e. The lowest BCUT2D eigenvalue weighted by Gasteiger charge is -1.72. The highest BCUT2D eigenvalue weighted by Gasteiger charge is 1.54. The zero-order chi connectivity index (χ0) is 6.12. The summed E-state index contributed by atoms with van der Waals surface area (Å²) in [6, 6.07) is 0. The van der Waals surface area contributed by atoms with Gasteiger partial charge in [-0.3, -0.25) is 4.39 Å². The Bertz CT molecular complexity index is 17.2. The molecule has 0 aliphatic carbocycles. The normalized spacial score (nSPS) is 6.86. The summed E-state index contributed by atoms with van der Waals surface area (Å²) in [6.45, 7) is 2.40. The van der Waals surface area contributed by atoms with E-state index in [0.29, 0.717) is 13.1 Å². The SMILES string of the molecule is CCF.NCCN. The molecule has 0 saturated heterocycles. The van der Waals surface area contributed by atoms with E-state index in [1.54, 1.807) is 0 Å². The molecule has 0 aliphatic heterocycles. The Morgan fingerprint density at radius 2 is 1.43 bits per heavy atom. The van der Waals surface area contributed by atoms with E-state index in [-0.39, 0.29) is 6.67 Å². The predicted octanol–water partition coefficient (Wildman–Crippen LogP) is -0.120. The van der Waals surface area contributed by atoms with Crippen LogP contribution in [0.5, 0.6) is 0 Å². The van der Waals surface area contributed by atoms with Crippen LogP contribution in [0.15, 0.2) is 0 Å². The molecule has 0 saturated carbocycles. The number of halogens is 1. The summed E-state index contributed by atoms with van der Waals surface area (Å²) in [6.07, 6.45) is 0. The highest BCUT2D eigenvalue weighted by atomic mass is 19.1. The standard InChI is InChI=1S/C2H5F.C2H8N2/c1-2-3;3-1-2-4/h2H2,1H3;1-4H2. The van der Waals surface area contributed by atoms with E-state index in [1.165, 1.54) is 6.92 Å². The van der Waals surface area contributed by atoms with E-state index in [1.807, 2.05) is 0 Å². The summed E-state index contributed by atoms with van der Waals surface area (Å²) < 4.78 is 10.3. The van der Waals surface area contributed by atoms with Gasteiger partial charge in [-0.25, -0.2) is 0 Å². The summed E-state index contributed by atoms with van der Waals surface area (Å²) in [5.41, 5.74) is 9.81. The molecule has 0 aromatic carbocycles. The molecule has 0 heterocycles. The zero-order valence-corrected chi connectivity index (χ0v) is 4.65. The fraction of sp³-hybridized carbons (Fsp3) is 1.00. The molecule has 2 nitrogen and oxygen atoms in total. The highest BCUT2D eigenvalue weighted by molar-refractivity contribution is 4.26. The lowest BCUT2D eigenvalue weighted by molar-refractivity contribution is 0.527. The minimum Gasteiger partial charge on any atom is -0.329 e. The Kier molecular flexibility index (Phi) is 24.1. The third-order valence-electron chi connectivity index (χ3n) is 0.167. The van der Waals surface area contributed by atoms with Crippen LogP contribution in [0, 0.1) is 0 Å². The van der Waals surface area contributed by atoms with Crippen molar-refractivity contribution >= 4 is 0 Å². The molecule has 7 heavy (non-hydrogen) atoms. The van der Waals surface area contributed by atoms with Crippen molar-refractivity contribution in [3.05, 3.63) is 0 Å². The maximum Gasteiger partial charge on any atom is 0.0866 e. The zero-order valence-electron chi connectivity index (χ0n) is 4.65. The maximum atomic E-state index is 10.3. The van der Waals surface area contributed by atoms with Gasteiger partial charge in [0.15, 0.2) is 0 Å². The van der Waals surface area contributed by atoms with Gasteiger partial charge in [-0.1, -0.05) is 0 Å². The molecule has 0 aromatic heterocycles. The first-order valence-electron chi connectivity index (χ1n) is 2.29. The molecule has 3 heteroatoms. The first-order chi connectivity index (χ1) is 3.33. The Morgan fingerprint density at radius 1 is 1.29 bits per heavy atom.